The summed E-state index contributed by atoms with van der Waals surface area (Å²) >= 11 is 3.26. The van der Waals surface area contributed by atoms with Crippen LogP contribution in [0.1, 0.15) is 23.2 Å². The van der Waals surface area contributed by atoms with E-state index in [9.17, 15) is 9.90 Å². The molecule has 0 spiro atoms. The average Bonchev–Trinajstić information content (AvgIpc) is 3.12. The zero-order valence-corrected chi connectivity index (χ0v) is 12.1. The van der Waals surface area contributed by atoms with E-state index in [0.29, 0.717) is 12.5 Å². The van der Waals surface area contributed by atoms with Crippen LogP contribution < -0.4 is 11.1 Å². The van der Waals surface area contributed by atoms with Gasteiger partial charge in [0.1, 0.15) is 5.75 Å². The molecule has 0 aromatic heterocycles. The summed E-state index contributed by atoms with van der Waals surface area (Å²) in [7, 11) is 0. The number of phenolic OH excluding ortho intramolecular Hbond substituents is 1. The predicted molar refractivity (Wildman–Crippen MR) is 76.1 cm³/mol. The van der Waals surface area contributed by atoms with Crippen molar-refractivity contribution in [3.8, 4) is 5.75 Å². The molecule has 1 aromatic rings. The first-order valence-corrected chi connectivity index (χ1v) is 6.39. The molecule has 1 saturated carbocycles. The lowest BCUT2D eigenvalue weighted by Gasteiger charge is -2.12. The molecule has 1 fully saturated rings. The Hall–Kier alpha value is -0.780. The van der Waals surface area contributed by atoms with Gasteiger partial charge in [-0.3, -0.25) is 4.79 Å². The van der Waals surface area contributed by atoms with Gasteiger partial charge in [0, 0.05) is 17.1 Å². The summed E-state index contributed by atoms with van der Waals surface area (Å²) < 4.78 is 0.756. The van der Waals surface area contributed by atoms with Gasteiger partial charge in [0.25, 0.3) is 5.91 Å². The second-order valence-corrected chi connectivity index (χ2v) is 5.29. The summed E-state index contributed by atoms with van der Waals surface area (Å²) in [5.74, 6) is 0.233. The lowest BCUT2D eigenvalue weighted by Crippen LogP contribution is -2.38. The fourth-order valence-electron chi connectivity index (χ4n) is 1.69. The van der Waals surface area contributed by atoms with Crippen LogP contribution in [0.2, 0.25) is 0 Å². The van der Waals surface area contributed by atoms with Crippen molar-refractivity contribution in [1.82, 2.24) is 5.32 Å². The van der Waals surface area contributed by atoms with E-state index < -0.39 is 0 Å². The van der Waals surface area contributed by atoms with Gasteiger partial charge in [-0.15, -0.1) is 12.4 Å². The quantitative estimate of drug-likeness (QED) is 0.788. The zero-order valence-electron chi connectivity index (χ0n) is 9.73. The van der Waals surface area contributed by atoms with Crippen molar-refractivity contribution in [1.29, 1.82) is 0 Å². The molecule has 1 amide bonds. The molecule has 1 aromatic carbocycles. The van der Waals surface area contributed by atoms with Crippen LogP contribution in [0.3, 0.4) is 0 Å². The fraction of sp³-hybridized carbons (Fsp3) is 0.417. The number of hydrogen-bond acceptors (Lipinski definition) is 3. The van der Waals surface area contributed by atoms with E-state index >= 15 is 0 Å². The second kappa shape index (κ2) is 6.41. The highest BCUT2D eigenvalue weighted by molar-refractivity contribution is 9.10. The number of nitrogens with two attached hydrogens (primary N) is 1. The number of aromatic hydroxyl groups is 1. The molecule has 1 unspecified atom stereocenters. The summed E-state index contributed by atoms with van der Waals surface area (Å²) in [5.41, 5.74) is 6.15. The normalized spacial score (nSPS) is 15.7. The molecule has 18 heavy (non-hydrogen) atoms. The number of halogens is 2. The molecule has 0 heterocycles. The molecule has 0 bridgehead atoms. The highest BCUT2D eigenvalue weighted by Gasteiger charge is 2.28. The number of benzene rings is 1. The third kappa shape index (κ3) is 3.86. The van der Waals surface area contributed by atoms with Gasteiger partial charge in [-0.25, -0.2) is 0 Å². The Morgan fingerprint density at radius 1 is 1.56 bits per heavy atom. The zero-order chi connectivity index (χ0) is 12.4. The number of amides is 1. The maximum atomic E-state index is 11.8. The van der Waals surface area contributed by atoms with Crippen molar-refractivity contribution in [2.75, 3.05) is 6.54 Å². The average molecular weight is 336 g/mol. The number of rotatable bonds is 4. The highest BCUT2D eigenvalue weighted by Crippen LogP contribution is 2.31. The summed E-state index contributed by atoms with van der Waals surface area (Å²) in [6.45, 7) is 0.454. The maximum absolute atomic E-state index is 11.8. The summed E-state index contributed by atoms with van der Waals surface area (Å²) in [6.07, 6.45) is 2.30. The number of hydrogen-bond donors (Lipinski definition) is 3. The highest BCUT2D eigenvalue weighted by atomic mass is 79.9. The molecular formula is C12H16BrClN2O2. The van der Waals surface area contributed by atoms with Gasteiger partial charge >= 0.3 is 0 Å². The fourth-order valence-corrected chi connectivity index (χ4v) is 2.05. The lowest BCUT2D eigenvalue weighted by molar-refractivity contribution is 0.0947. The van der Waals surface area contributed by atoms with Crippen molar-refractivity contribution in [3.63, 3.8) is 0 Å². The van der Waals surface area contributed by atoms with Crippen LogP contribution in [0.15, 0.2) is 22.7 Å². The van der Waals surface area contributed by atoms with Gasteiger partial charge in [-0.2, -0.15) is 0 Å². The Bertz CT molecular complexity index is 438. The van der Waals surface area contributed by atoms with Gasteiger partial charge < -0.3 is 16.2 Å². The molecular weight excluding hydrogens is 320 g/mol. The first-order chi connectivity index (χ1) is 8.08. The third-order valence-corrected chi connectivity index (χ3v) is 3.42. The minimum absolute atomic E-state index is 0. The molecule has 1 aliphatic carbocycles. The molecule has 1 atom stereocenters. The van der Waals surface area contributed by atoms with E-state index in [2.05, 4.69) is 21.2 Å². The molecule has 4 nitrogen and oxygen atoms in total. The van der Waals surface area contributed by atoms with Crippen LogP contribution in [0.25, 0.3) is 0 Å². The largest absolute Gasteiger partial charge is 0.507 e. The molecule has 100 valence electrons. The maximum Gasteiger partial charge on any atom is 0.255 e. The van der Waals surface area contributed by atoms with Gasteiger partial charge in [0.15, 0.2) is 0 Å². The van der Waals surface area contributed by atoms with Crippen LogP contribution in [0.5, 0.6) is 5.75 Å². The minimum Gasteiger partial charge on any atom is -0.507 e. The van der Waals surface area contributed by atoms with Crippen molar-refractivity contribution in [3.05, 3.63) is 28.2 Å². The molecule has 1 aliphatic rings. The summed E-state index contributed by atoms with van der Waals surface area (Å²) in [6, 6.07) is 4.78. The molecule has 2 rings (SSSR count). The van der Waals surface area contributed by atoms with E-state index in [0.717, 1.165) is 17.3 Å². The SMILES string of the molecule is Cl.NC(CNC(=O)c1cc(Br)ccc1O)C1CC1. The number of phenols is 1. The standard InChI is InChI=1S/C12H15BrN2O2.ClH/c13-8-3-4-11(16)9(5-8)12(17)15-6-10(14)7-1-2-7;/h3-5,7,10,16H,1-2,6,14H2,(H,15,17);1H. The van der Waals surface area contributed by atoms with Crippen LogP contribution in [0.4, 0.5) is 0 Å². The van der Waals surface area contributed by atoms with Crippen LogP contribution in [-0.4, -0.2) is 23.6 Å². The van der Waals surface area contributed by atoms with E-state index in [1.54, 1.807) is 12.1 Å². The Morgan fingerprint density at radius 2 is 2.22 bits per heavy atom. The van der Waals surface area contributed by atoms with Crippen LogP contribution in [-0.2, 0) is 0 Å². The monoisotopic (exact) mass is 334 g/mol. The summed E-state index contributed by atoms with van der Waals surface area (Å²) in [4.78, 5) is 11.8. The molecule has 0 radical (unpaired) electrons. The molecule has 0 aliphatic heterocycles. The summed E-state index contributed by atoms with van der Waals surface area (Å²) in [5, 5.41) is 12.3. The lowest BCUT2D eigenvalue weighted by atomic mass is 10.1. The molecule has 6 heteroatoms. The minimum atomic E-state index is -0.292. The smallest absolute Gasteiger partial charge is 0.255 e. The van der Waals surface area contributed by atoms with Gasteiger partial charge in [0.2, 0.25) is 0 Å². The first-order valence-electron chi connectivity index (χ1n) is 5.60. The van der Waals surface area contributed by atoms with Gasteiger partial charge in [-0.05, 0) is 37.0 Å². The van der Waals surface area contributed by atoms with E-state index in [1.165, 1.54) is 6.07 Å². The Kier molecular flexibility index (Phi) is 5.44. The number of carbonyl (C=O) groups is 1. The van der Waals surface area contributed by atoms with Gasteiger partial charge in [0.05, 0.1) is 5.56 Å². The van der Waals surface area contributed by atoms with Crippen LogP contribution in [0, 0.1) is 5.92 Å². The van der Waals surface area contributed by atoms with Gasteiger partial charge in [-0.1, -0.05) is 15.9 Å². The predicted octanol–water partition coefficient (Wildman–Crippen LogP) is 2.04. The van der Waals surface area contributed by atoms with Crippen LogP contribution >= 0.6 is 28.3 Å². The molecule has 4 N–H and O–H groups in total. The Labute approximate surface area is 120 Å². The third-order valence-electron chi connectivity index (χ3n) is 2.93. The number of nitrogens with one attached hydrogen (secondary N) is 1. The van der Waals surface area contributed by atoms with E-state index in [-0.39, 0.29) is 35.7 Å². The first kappa shape index (κ1) is 15.3. The molecule has 0 saturated heterocycles. The number of carbonyl (C=O) groups excluding carboxylic acids is 1. The van der Waals surface area contributed by atoms with Crippen molar-refractivity contribution >= 4 is 34.2 Å². The van der Waals surface area contributed by atoms with Crippen molar-refractivity contribution < 1.29 is 9.90 Å². The Balaban J connectivity index is 0.00000162. The topological polar surface area (TPSA) is 75.3 Å². The van der Waals surface area contributed by atoms with Crippen molar-refractivity contribution in [2.24, 2.45) is 11.7 Å². The van der Waals surface area contributed by atoms with Crippen molar-refractivity contribution in [2.45, 2.75) is 18.9 Å². The van der Waals surface area contributed by atoms with E-state index in [4.69, 9.17) is 5.73 Å². The second-order valence-electron chi connectivity index (χ2n) is 4.37. The Morgan fingerprint density at radius 3 is 2.83 bits per heavy atom. The van der Waals surface area contributed by atoms with E-state index in [1.807, 2.05) is 0 Å².